The first-order valence-electron chi connectivity index (χ1n) is 15.2. The highest BCUT2D eigenvalue weighted by molar-refractivity contribution is 5.71. The van der Waals surface area contributed by atoms with E-state index in [9.17, 15) is 15.0 Å². The molecule has 0 aromatic carbocycles. The number of hydrogen-bond donors (Lipinski definition) is 2. The van der Waals surface area contributed by atoms with Crippen LogP contribution in [-0.2, 0) is 14.3 Å². The molecule has 0 amide bonds. The highest BCUT2D eigenvalue weighted by Gasteiger charge is 2.50. The van der Waals surface area contributed by atoms with Crippen LogP contribution < -0.4 is 0 Å². The van der Waals surface area contributed by atoms with E-state index in [2.05, 4.69) is 38.7 Å². The third kappa shape index (κ3) is 4.88. The van der Waals surface area contributed by atoms with Crippen molar-refractivity contribution in [3.05, 3.63) is 47.1 Å². The molecular weight excluding hydrogens is 476 g/mol. The van der Waals surface area contributed by atoms with Gasteiger partial charge in [0, 0.05) is 6.42 Å². The van der Waals surface area contributed by atoms with Crippen molar-refractivity contribution in [2.75, 3.05) is 6.61 Å². The van der Waals surface area contributed by atoms with Crippen LogP contribution >= 0.6 is 0 Å². The molecule has 0 unspecified atom stereocenters. The minimum Gasteiger partial charge on any atom is -0.460 e. The third-order valence-corrected chi connectivity index (χ3v) is 11.2. The zero-order chi connectivity index (χ0) is 26.6. The number of carbonyl (C=O) groups excluding carboxylic acids is 1. The van der Waals surface area contributed by atoms with Crippen LogP contribution in [0.2, 0.25) is 0 Å². The van der Waals surface area contributed by atoms with E-state index in [0.717, 1.165) is 48.7 Å². The van der Waals surface area contributed by atoms with Crippen LogP contribution in [0.25, 0.3) is 0 Å². The second-order valence-corrected chi connectivity index (χ2v) is 13.6. The quantitative estimate of drug-likeness (QED) is 0.340. The number of rotatable bonds is 6. The van der Waals surface area contributed by atoms with Crippen LogP contribution in [0.1, 0.15) is 84.5 Å². The molecule has 38 heavy (non-hydrogen) atoms. The van der Waals surface area contributed by atoms with Crippen molar-refractivity contribution in [3.63, 3.8) is 0 Å². The summed E-state index contributed by atoms with van der Waals surface area (Å²) in [6.07, 6.45) is 17.1. The lowest BCUT2D eigenvalue weighted by Crippen LogP contribution is -2.50. The number of aliphatic hydroxyl groups is 2. The van der Waals surface area contributed by atoms with E-state index in [1.54, 1.807) is 0 Å². The molecular formula is C33H46O5. The van der Waals surface area contributed by atoms with E-state index in [1.807, 2.05) is 0 Å². The van der Waals surface area contributed by atoms with Crippen LogP contribution in [0.5, 0.6) is 0 Å². The predicted octanol–water partition coefficient (Wildman–Crippen LogP) is 5.82. The Bertz CT molecular complexity index is 1020. The normalized spacial score (nSPS) is 44.8. The molecule has 0 aromatic heterocycles. The van der Waals surface area contributed by atoms with E-state index in [0.29, 0.717) is 30.6 Å². The number of aliphatic hydroxyl groups excluding tert-OH is 2. The van der Waals surface area contributed by atoms with Crippen LogP contribution in [0, 0.1) is 35.0 Å². The first kappa shape index (κ1) is 26.5. The van der Waals surface area contributed by atoms with Crippen molar-refractivity contribution in [3.8, 4) is 0 Å². The average molecular weight is 523 g/mol. The molecule has 7 rings (SSSR count). The van der Waals surface area contributed by atoms with Crippen LogP contribution in [0.4, 0.5) is 0 Å². The molecule has 5 heteroatoms. The number of fused-ring (bicyclic) bond motifs is 1. The van der Waals surface area contributed by atoms with Crippen molar-refractivity contribution in [2.24, 2.45) is 35.0 Å². The van der Waals surface area contributed by atoms with Gasteiger partial charge in [0.05, 0.1) is 18.3 Å². The monoisotopic (exact) mass is 522 g/mol. The Kier molecular flexibility index (Phi) is 7.24. The lowest BCUT2D eigenvalue weighted by Gasteiger charge is -2.53. The fourth-order valence-corrected chi connectivity index (χ4v) is 9.48. The Morgan fingerprint density at radius 2 is 1.84 bits per heavy atom. The summed E-state index contributed by atoms with van der Waals surface area (Å²) in [4.78, 5) is 12.9. The first-order valence-corrected chi connectivity index (χ1v) is 15.2. The zero-order valence-corrected chi connectivity index (χ0v) is 23.2. The SMILES string of the molecule is C=C1C(=CC=C2CCC[C@]3(C)C([C@H](C)OCC(=O)OC4C5CC6CC(C5)CC4C6)=CC[C@@H]23)C[C@@H](O)C[C@@H]1O. The van der Waals surface area contributed by atoms with E-state index in [1.165, 1.54) is 43.3 Å². The Balaban J connectivity index is 1.06. The van der Waals surface area contributed by atoms with Gasteiger partial charge in [-0.15, -0.1) is 0 Å². The summed E-state index contributed by atoms with van der Waals surface area (Å²) in [6.45, 7) is 8.54. The molecule has 0 aromatic rings. The molecule has 7 aliphatic rings. The van der Waals surface area contributed by atoms with Gasteiger partial charge in [-0.05, 0) is 123 Å². The third-order valence-electron chi connectivity index (χ3n) is 11.2. The molecule has 6 saturated carbocycles. The second-order valence-electron chi connectivity index (χ2n) is 13.6. The fraction of sp³-hybridized carbons (Fsp3) is 0.727. The smallest absolute Gasteiger partial charge is 0.332 e. The van der Waals surface area contributed by atoms with Crippen LogP contribution in [-0.4, -0.2) is 47.2 Å². The molecule has 0 aliphatic heterocycles. The topological polar surface area (TPSA) is 76.0 Å². The van der Waals surface area contributed by atoms with E-state index < -0.39 is 12.2 Å². The minimum atomic E-state index is -0.659. The summed E-state index contributed by atoms with van der Waals surface area (Å²) < 4.78 is 12.2. The van der Waals surface area contributed by atoms with Gasteiger partial charge in [-0.25, -0.2) is 4.79 Å². The second kappa shape index (κ2) is 10.4. The van der Waals surface area contributed by atoms with Crippen LogP contribution in [0.15, 0.2) is 47.1 Å². The Morgan fingerprint density at radius 1 is 1.13 bits per heavy atom. The molecule has 0 saturated heterocycles. The highest BCUT2D eigenvalue weighted by Crippen LogP contribution is 2.56. The molecule has 6 fully saturated rings. The Hall–Kier alpha value is -1.69. The number of allylic oxidation sites excluding steroid dienone is 4. The molecule has 5 atom stereocenters. The molecule has 7 aliphatic carbocycles. The molecule has 0 spiro atoms. The summed E-state index contributed by atoms with van der Waals surface area (Å²) in [5.74, 6) is 3.12. The summed E-state index contributed by atoms with van der Waals surface area (Å²) in [6, 6.07) is 0. The van der Waals surface area contributed by atoms with Gasteiger partial charge in [0.25, 0.3) is 0 Å². The zero-order valence-electron chi connectivity index (χ0n) is 23.2. The lowest BCUT2D eigenvalue weighted by atomic mass is 9.55. The van der Waals surface area contributed by atoms with Crippen molar-refractivity contribution in [1.29, 1.82) is 0 Å². The summed E-state index contributed by atoms with van der Waals surface area (Å²) in [7, 11) is 0. The van der Waals surface area contributed by atoms with Gasteiger partial charge in [-0.3, -0.25) is 0 Å². The Labute approximate surface area is 228 Å². The number of carbonyl (C=O) groups is 1. The van der Waals surface area contributed by atoms with E-state index >= 15 is 0 Å². The van der Waals surface area contributed by atoms with Crippen molar-refractivity contribution < 1.29 is 24.5 Å². The average Bonchev–Trinajstić information content (AvgIpc) is 3.23. The van der Waals surface area contributed by atoms with Gasteiger partial charge < -0.3 is 19.7 Å². The van der Waals surface area contributed by atoms with Gasteiger partial charge in [0.15, 0.2) is 0 Å². The summed E-state index contributed by atoms with van der Waals surface area (Å²) in [5.41, 5.74) is 4.45. The lowest BCUT2D eigenvalue weighted by molar-refractivity contribution is -0.176. The Morgan fingerprint density at radius 3 is 2.55 bits per heavy atom. The van der Waals surface area contributed by atoms with Gasteiger partial charge in [-0.2, -0.15) is 0 Å². The number of hydrogen-bond acceptors (Lipinski definition) is 5. The fourth-order valence-electron chi connectivity index (χ4n) is 9.48. The standard InChI is InChI=1S/C33H46O5/c1-19-24(16-27(34)17-30(19)35)7-6-23-5-4-10-33(3)28(8-9-29(23)33)20(2)37-18-31(36)38-32-25-12-21-11-22(14-25)15-26(32)13-21/h6-8,20-22,25-27,29-30,32,34-35H,1,4-5,9-18H2,2-3H3/t20-,21?,22?,25?,26?,27+,29-,30-,32?,33+/m0/s1. The minimum absolute atomic E-state index is 0.0237. The molecule has 0 radical (unpaired) electrons. The first-order chi connectivity index (χ1) is 18.2. The maximum atomic E-state index is 12.9. The van der Waals surface area contributed by atoms with Gasteiger partial charge >= 0.3 is 5.97 Å². The largest absolute Gasteiger partial charge is 0.460 e. The van der Waals surface area contributed by atoms with Gasteiger partial charge in [0.2, 0.25) is 0 Å². The molecule has 4 bridgehead atoms. The summed E-state index contributed by atoms with van der Waals surface area (Å²) >= 11 is 0. The van der Waals surface area contributed by atoms with E-state index in [-0.39, 0.29) is 30.2 Å². The predicted molar refractivity (Wildman–Crippen MR) is 147 cm³/mol. The maximum absolute atomic E-state index is 12.9. The molecule has 0 heterocycles. The molecule has 5 nitrogen and oxygen atoms in total. The van der Waals surface area contributed by atoms with Crippen molar-refractivity contribution in [2.45, 2.75) is 109 Å². The molecule has 208 valence electrons. The molecule has 2 N–H and O–H groups in total. The maximum Gasteiger partial charge on any atom is 0.332 e. The number of ether oxygens (including phenoxy) is 2. The van der Waals surface area contributed by atoms with Crippen molar-refractivity contribution >= 4 is 5.97 Å². The van der Waals surface area contributed by atoms with Gasteiger partial charge in [0.1, 0.15) is 12.7 Å². The van der Waals surface area contributed by atoms with Gasteiger partial charge in [-0.1, -0.05) is 37.3 Å². The van der Waals surface area contributed by atoms with Crippen LogP contribution in [0.3, 0.4) is 0 Å². The van der Waals surface area contributed by atoms with E-state index in [4.69, 9.17) is 9.47 Å². The summed E-state index contributed by atoms with van der Waals surface area (Å²) in [5, 5.41) is 20.3. The van der Waals surface area contributed by atoms with Crippen molar-refractivity contribution in [1.82, 2.24) is 0 Å². The highest BCUT2D eigenvalue weighted by atomic mass is 16.6. The number of esters is 1.